The predicted molar refractivity (Wildman–Crippen MR) is 273 cm³/mol. The number of ketones is 1. The number of aliphatic hydroxyl groups excluding tert-OH is 4. The molecule has 6 N–H and O–H groups in total. The summed E-state index contributed by atoms with van der Waals surface area (Å²) < 4.78 is 0. The summed E-state index contributed by atoms with van der Waals surface area (Å²) in [6, 6.07) is 0. The van der Waals surface area contributed by atoms with E-state index >= 15 is 0 Å². The maximum atomic E-state index is 12.4. The number of Topliss-reactive ketones (excluding diaryl/α,β-unsaturated/α-hetero) is 1. The molecule has 0 aromatic rings. The van der Waals surface area contributed by atoms with E-state index in [-0.39, 0.29) is 42.3 Å². The minimum Gasteiger partial charge on any atom is -0.400 e. The minimum atomic E-state index is -1.80. The monoisotopic (exact) mass is 911 g/mol. The van der Waals surface area contributed by atoms with Gasteiger partial charge in [-0.2, -0.15) is 0 Å². The topological polar surface area (TPSA) is 173 Å². The number of carbonyl (C=O) groups is 3. The van der Waals surface area contributed by atoms with Crippen molar-refractivity contribution in [1.82, 2.24) is 0 Å². The molecule has 0 saturated heterocycles. The van der Waals surface area contributed by atoms with E-state index in [0.29, 0.717) is 0 Å². The Morgan fingerprint density at radius 3 is 1.95 bits per heavy atom. The van der Waals surface area contributed by atoms with Gasteiger partial charge in [-0.3, -0.25) is 4.79 Å². The molecule has 8 atom stereocenters. The van der Waals surface area contributed by atoms with Gasteiger partial charge in [0.2, 0.25) is 0 Å². The lowest BCUT2D eigenvalue weighted by Crippen LogP contribution is -2.39. The fourth-order valence-corrected chi connectivity index (χ4v) is 7.56. The van der Waals surface area contributed by atoms with Crippen LogP contribution in [0.1, 0.15) is 218 Å². The average Bonchev–Trinajstić information content (AvgIpc) is 3.27. The Morgan fingerprint density at radius 2 is 1.41 bits per heavy atom. The first-order valence-electron chi connectivity index (χ1n) is 25.2. The van der Waals surface area contributed by atoms with Gasteiger partial charge in [-0.05, 0) is 95.5 Å². The number of carbonyl (C=O) groups excluding carboxylic acids is 3. The van der Waals surface area contributed by atoms with Gasteiger partial charge < -0.3 is 40.2 Å². The molecule has 0 radical (unpaired) electrons. The third-order valence-electron chi connectivity index (χ3n) is 11.6. The fourth-order valence-electron chi connectivity index (χ4n) is 7.56. The molecular formula is C55H106O9. The fraction of sp³-hybridized carbons (Fsp3) is 0.800. The van der Waals surface area contributed by atoms with E-state index in [2.05, 4.69) is 39.8 Å². The van der Waals surface area contributed by atoms with Crippen LogP contribution in [0.25, 0.3) is 0 Å². The van der Waals surface area contributed by atoms with E-state index in [0.717, 1.165) is 108 Å². The van der Waals surface area contributed by atoms with Crippen LogP contribution in [0.2, 0.25) is 0 Å². The maximum absolute atomic E-state index is 12.4. The van der Waals surface area contributed by atoms with Gasteiger partial charge in [0.15, 0.2) is 5.79 Å². The molecule has 0 spiro atoms. The number of allylic oxidation sites excluding steroid dienone is 7. The zero-order valence-corrected chi connectivity index (χ0v) is 44.0. The SMILES string of the molecule is CC.CC/C=C(\C)C(O)CC(=O)C(C)C[C@H](C)/C=C/C=C/C=C(\C)CCCCCC(C)C(O)(O)C[C@@H](C)O.CC1CCCC(CCCCC=O)C1.CCCCCC(C)C=O.CO.CO. The van der Waals surface area contributed by atoms with Crippen molar-refractivity contribution in [3.63, 3.8) is 0 Å². The van der Waals surface area contributed by atoms with Crippen LogP contribution in [0.5, 0.6) is 0 Å². The first-order chi connectivity index (χ1) is 30.4. The van der Waals surface area contributed by atoms with Gasteiger partial charge in [0.25, 0.3) is 0 Å². The molecule has 0 aromatic heterocycles. The van der Waals surface area contributed by atoms with Gasteiger partial charge in [0.1, 0.15) is 18.4 Å². The lowest BCUT2D eigenvalue weighted by molar-refractivity contribution is -0.213. The van der Waals surface area contributed by atoms with Crippen LogP contribution in [0.3, 0.4) is 0 Å². The summed E-state index contributed by atoms with van der Waals surface area (Å²) in [7, 11) is 2.00. The molecule has 0 bridgehead atoms. The molecule has 1 rings (SSSR count). The summed E-state index contributed by atoms with van der Waals surface area (Å²) in [6.45, 7) is 24.0. The van der Waals surface area contributed by atoms with E-state index in [1.807, 2.05) is 72.8 Å². The highest BCUT2D eigenvalue weighted by molar-refractivity contribution is 5.81. The zero-order chi connectivity index (χ0) is 50.4. The van der Waals surface area contributed by atoms with Crippen molar-refractivity contribution in [1.29, 1.82) is 0 Å². The van der Waals surface area contributed by atoms with Crippen LogP contribution in [0.15, 0.2) is 47.6 Å². The van der Waals surface area contributed by atoms with Gasteiger partial charge in [0.05, 0.1) is 12.2 Å². The van der Waals surface area contributed by atoms with Crippen LogP contribution in [-0.2, 0) is 14.4 Å². The number of rotatable bonds is 29. The summed E-state index contributed by atoms with van der Waals surface area (Å²) in [6.07, 6.45) is 34.5. The number of hydrogen-bond donors (Lipinski definition) is 6. The number of unbranched alkanes of at least 4 members (excludes halogenated alkanes) is 6. The largest absolute Gasteiger partial charge is 0.400 e. The number of hydrogen-bond acceptors (Lipinski definition) is 9. The molecule has 1 saturated carbocycles. The number of aldehydes is 2. The molecule has 0 aromatic carbocycles. The Morgan fingerprint density at radius 1 is 0.781 bits per heavy atom. The van der Waals surface area contributed by atoms with Crippen molar-refractivity contribution in [3.8, 4) is 0 Å². The van der Waals surface area contributed by atoms with Crippen molar-refractivity contribution >= 4 is 18.4 Å². The molecule has 0 aliphatic heterocycles. The van der Waals surface area contributed by atoms with E-state index < -0.39 is 18.0 Å². The van der Waals surface area contributed by atoms with E-state index in [1.165, 1.54) is 63.4 Å². The molecule has 380 valence electrons. The summed E-state index contributed by atoms with van der Waals surface area (Å²) in [4.78, 5) is 32.6. The normalized spacial score (nSPS) is 18.1. The van der Waals surface area contributed by atoms with Gasteiger partial charge >= 0.3 is 0 Å². The summed E-state index contributed by atoms with van der Waals surface area (Å²) in [5, 5.41) is 53.7. The molecule has 1 fully saturated rings. The third-order valence-corrected chi connectivity index (χ3v) is 11.6. The van der Waals surface area contributed by atoms with E-state index in [4.69, 9.17) is 10.2 Å². The Bertz CT molecular complexity index is 1160. The van der Waals surface area contributed by atoms with Gasteiger partial charge in [-0.25, -0.2) is 0 Å². The lowest BCUT2D eigenvalue weighted by Gasteiger charge is -2.29. The van der Waals surface area contributed by atoms with Crippen LogP contribution in [0.4, 0.5) is 0 Å². The molecule has 6 unspecified atom stereocenters. The average molecular weight is 911 g/mol. The van der Waals surface area contributed by atoms with Crippen LogP contribution in [0, 0.1) is 35.5 Å². The highest BCUT2D eigenvalue weighted by Gasteiger charge is 2.31. The molecular weight excluding hydrogens is 805 g/mol. The molecule has 0 heterocycles. The van der Waals surface area contributed by atoms with Crippen molar-refractivity contribution in [3.05, 3.63) is 47.6 Å². The molecule has 9 heteroatoms. The van der Waals surface area contributed by atoms with E-state index in [1.54, 1.807) is 6.92 Å². The lowest BCUT2D eigenvalue weighted by atomic mass is 9.80. The second kappa shape index (κ2) is 50.1. The summed E-state index contributed by atoms with van der Waals surface area (Å²) in [5.74, 6) is 0.440. The standard InChI is InChI=1S/C31H54O5.C12H22O.C8H16O.C2H6.2CH4O/c1-8-15-25(4)29(33)21-30(34)26(5)20-24(3)18-13-9-11-16-23(2)17-12-10-14-19-27(6)31(35,36)22-28(7)32;1-11-6-5-8-12(10-11)7-3-2-4-9-13;1-3-4-5-6-8(2)7-9;3*1-2/h9,11,13,15-16,18,24,26-29,32-33,35-36H,8,10,12,14,17,19-22H2,1-7H3;9,11-12H,2-8,10H2,1H3;7-8H,3-6H2,1-2H3;1-2H3;2*2H,1H3/b11-9+,18-13+,23-16+,25-15+;;;;;/t24-,26?,27?,28-,29?;;;;;/m1...../s1. The number of aliphatic hydroxyl groups is 6. The Labute approximate surface area is 395 Å². The van der Waals surface area contributed by atoms with Gasteiger partial charge in [0, 0.05) is 51.2 Å². The molecule has 9 nitrogen and oxygen atoms in total. The quantitative estimate of drug-likeness (QED) is 0.0140. The second-order valence-corrected chi connectivity index (χ2v) is 18.1. The summed E-state index contributed by atoms with van der Waals surface area (Å²) >= 11 is 0. The molecule has 0 amide bonds. The zero-order valence-electron chi connectivity index (χ0n) is 44.0. The van der Waals surface area contributed by atoms with Crippen molar-refractivity contribution in [2.24, 2.45) is 35.5 Å². The second-order valence-electron chi connectivity index (χ2n) is 18.1. The molecule has 1 aliphatic rings. The molecule has 64 heavy (non-hydrogen) atoms. The van der Waals surface area contributed by atoms with Gasteiger partial charge in [-0.1, -0.05) is 169 Å². The Kier molecular flexibility index (Phi) is 55.4. The first kappa shape index (κ1) is 70.7. The van der Waals surface area contributed by atoms with Gasteiger partial charge in [-0.15, -0.1) is 0 Å². The van der Waals surface area contributed by atoms with Crippen molar-refractivity contribution in [2.75, 3.05) is 14.2 Å². The maximum Gasteiger partial charge on any atom is 0.167 e. The van der Waals surface area contributed by atoms with Crippen LogP contribution in [-0.4, -0.2) is 81.2 Å². The van der Waals surface area contributed by atoms with Crippen LogP contribution >= 0.6 is 0 Å². The smallest absolute Gasteiger partial charge is 0.167 e. The van der Waals surface area contributed by atoms with E-state index in [9.17, 15) is 34.8 Å². The first-order valence-corrected chi connectivity index (χ1v) is 25.2. The van der Waals surface area contributed by atoms with Crippen LogP contribution < -0.4 is 0 Å². The Balaban J connectivity index is -0.000000334. The van der Waals surface area contributed by atoms with Crippen molar-refractivity contribution < 1.29 is 45.0 Å². The molecule has 1 aliphatic carbocycles. The Hall–Kier alpha value is -2.27. The minimum absolute atomic E-state index is 0.0203. The highest BCUT2D eigenvalue weighted by Crippen LogP contribution is 2.32. The third kappa shape index (κ3) is 46.3. The predicted octanol–water partition coefficient (Wildman–Crippen LogP) is 12.6. The summed E-state index contributed by atoms with van der Waals surface area (Å²) in [5.41, 5.74) is 2.18. The highest BCUT2D eigenvalue weighted by atomic mass is 16.5. The van der Waals surface area contributed by atoms with Crippen molar-refractivity contribution in [2.45, 2.75) is 236 Å².